The van der Waals surface area contributed by atoms with Crippen LogP contribution in [0.5, 0.6) is 0 Å². The Balaban J connectivity index is 1.65. The van der Waals surface area contributed by atoms with E-state index < -0.39 is 5.92 Å². The standard InChI is InChI=1S/C22H25BN2O3/c1-12-6-13(2)19(14(3)7-12)20-18(26)9-15(21(20)27)4-5-25-22(28)16-8-17(23)11-24-10-16/h6-8,10-11,15,20H,4-5,9,23H2,1-3H3,(H,25,28). The predicted octanol–water partition coefficient (Wildman–Crippen LogP) is 1.33. The number of aryl methyl sites for hydroxylation is 3. The molecule has 3 rings (SSSR count). The minimum absolute atomic E-state index is 0.0146. The predicted molar refractivity (Wildman–Crippen MR) is 111 cm³/mol. The molecule has 5 nitrogen and oxygen atoms in total. The van der Waals surface area contributed by atoms with E-state index in [0.29, 0.717) is 18.5 Å². The maximum atomic E-state index is 13.0. The summed E-state index contributed by atoms with van der Waals surface area (Å²) in [5.41, 5.74) is 5.38. The van der Waals surface area contributed by atoms with E-state index in [-0.39, 0.29) is 29.8 Å². The minimum atomic E-state index is -0.665. The van der Waals surface area contributed by atoms with Crippen molar-refractivity contribution in [2.24, 2.45) is 5.92 Å². The summed E-state index contributed by atoms with van der Waals surface area (Å²) in [4.78, 5) is 41.8. The molecule has 1 saturated carbocycles. The fourth-order valence-corrected chi connectivity index (χ4v) is 4.19. The van der Waals surface area contributed by atoms with Crippen LogP contribution in [0.25, 0.3) is 0 Å². The number of hydrogen-bond acceptors (Lipinski definition) is 4. The number of hydrogen-bond donors (Lipinski definition) is 1. The van der Waals surface area contributed by atoms with Gasteiger partial charge in [0.1, 0.15) is 19.5 Å². The summed E-state index contributed by atoms with van der Waals surface area (Å²) in [5, 5.41) is 2.83. The van der Waals surface area contributed by atoms with Gasteiger partial charge in [0.25, 0.3) is 5.91 Å². The van der Waals surface area contributed by atoms with Gasteiger partial charge in [-0.1, -0.05) is 29.2 Å². The van der Waals surface area contributed by atoms with Gasteiger partial charge in [0.05, 0.1) is 5.56 Å². The second-order valence-corrected chi connectivity index (χ2v) is 7.81. The van der Waals surface area contributed by atoms with Crippen LogP contribution < -0.4 is 10.8 Å². The zero-order valence-corrected chi connectivity index (χ0v) is 16.8. The van der Waals surface area contributed by atoms with Crippen molar-refractivity contribution in [2.45, 2.75) is 39.5 Å². The van der Waals surface area contributed by atoms with E-state index in [1.54, 1.807) is 12.3 Å². The minimum Gasteiger partial charge on any atom is -0.352 e. The number of amides is 1. The van der Waals surface area contributed by atoms with E-state index in [1.807, 2.05) is 40.8 Å². The van der Waals surface area contributed by atoms with E-state index in [0.717, 1.165) is 27.7 Å². The quantitative estimate of drug-likeness (QED) is 0.631. The Morgan fingerprint density at radius 1 is 1.14 bits per heavy atom. The van der Waals surface area contributed by atoms with Crippen LogP contribution in [0, 0.1) is 26.7 Å². The number of nitrogens with one attached hydrogen (secondary N) is 1. The number of benzene rings is 1. The van der Waals surface area contributed by atoms with Gasteiger partial charge in [0.2, 0.25) is 0 Å². The second-order valence-electron chi connectivity index (χ2n) is 7.81. The molecule has 2 unspecified atom stereocenters. The first-order valence-electron chi connectivity index (χ1n) is 9.62. The highest BCUT2D eigenvalue weighted by Gasteiger charge is 2.42. The average Bonchev–Trinajstić information content (AvgIpc) is 2.89. The van der Waals surface area contributed by atoms with Crippen LogP contribution in [0.1, 0.15) is 51.4 Å². The van der Waals surface area contributed by atoms with Gasteiger partial charge in [-0.25, -0.2) is 0 Å². The fraction of sp³-hybridized carbons (Fsp3) is 0.364. The summed E-state index contributed by atoms with van der Waals surface area (Å²) in [7, 11) is 1.88. The zero-order valence-electron chi connectivity index (χ0n) is 16.8. The first kappa shape index (κ1) is 20.0. The summed E-state index contributed by atoms with van der Waals surface area (Å²) in [6.07, 6.45) is 3.93. The SMILES string of the molecule is Bc1cncc(C(=O)NCCC2CC(=O)C(c3c(C)cc(C)cc3C)C2=O)c1. The van der Waals surface area contributed by atoms with E-state index in [1.165, 1.54) is 6.20 Å². The van der Waals surface area contributed by atoms with Crippen molar-refractivity contribution in [3.63, 3.8) is 0 Å². The van der Waals surface area contributed by atoms with Crippen molar-refractivity contribution in [1.29, 1.82) is 0 Å². The van der Waals surface area contributed by atoms with Crippen LogP contribution in [-0.2, 0) is 9.59 Å². The first-order chi connectivity index (χ1) is 13.3. The largest absolute Gasteiger partial charge is 0.352 e. The summed E-state index contributed by atoms with van der Waals surface area (Å²) in [6, 6.07) is 5.81. The Morgan fingerprint density at radius 3 is 2.46 bits per heavy atom. The molecule has 144 valence electrons. The molecule has 2 atom stereocenters. The first-order valence-corrected chi connectivity index (χ1v) is 9.62. The molecule has 1 aliphatic carbocycles. The lowest BCUT2D eigenvalue weighted by atomic mass is 9.86. The molecule has 1 aromatic carbocycles. The number of nitrogens with zero attached hydrogens (tertiary/aromatic N) is 1. The Kier molecular flexibility index (Phi) is 5.77. The molecule has 1 aromatic heterocycles. The van der Waals surface area contributed by atoms with Gasteiger partial charge in [-0.15, -0.1) is 0 Å². The highest BCUT2D eigenvalue weighted by atomic mass is 16.2. The molecule has 1 heterocycles. The molecule has 0 aliphatic heterocycles. The number of Topliss-reactive ketones (excluding diaryl/α,β-unsaturated/α-hetero) is 2. The lowest BCUT2D eigenvalue weighted by molar-refractivity contribution is -0.124. The van der Waals surface area contributed by atoms with Gasteiger partial charge < -0.3 is 5.32 Å². The van der Waals surface area contributed by atoms with E-state index >= 15 is 0 Å². The number of aromatic nitrogens is 1. The molecule has 28 heavy (non-hydrogen) atoms. The molecule has 0 spiro atoms. The van der Waals surface area contributed by atoms with Crippen LogP contribution in [0.3, 0.4) is 0 Å². The maximum Gasteiger partial charge on any atom is 0.252 e. The number of pyridine rings is 1. The molecule has 2 aromatic rings. The summed E-state index contributed by atoms with van der Waals surface area (Å²) in [5.74, 6) is -1.25. The van der Waals surface area contributed by atoms with E-state index in [9.17, 15) is 14.4 Å². The van der Waals surface area contributed by atoms with Crippen molar-refractivity contribution < 1.29 is 14.4 Å². The molecule has 0 bridgehead atoms. The third kappa shape index (κ3) is 4.06. The summed E-state index contributed by atoms with van der Waals surface area (Å²) in [6.45, 7) is 6.28. The second kappa shape index (κ2) is 8.09. The molecular weight excluding hydrogens is 351 g/mol. The summed E-state index contributed by atoms with van der Waals surface area (Å²) < 4.78 is 0. The Morgan fingerprint density at radius 2 is 1.82 bits per heavy atom. The van der Waals surface area contributed by atoms with Gasteiger partial charge in [-0.05, 0) is 43.9 Å². The van der Waals surface area contributed by atoms with Gasteiger partial charge in [0.15, 0.2) is 5.78 Å². The lowest BCUT2D eigenvalue weighted by Gasteiger charge is -2.16. The third-order valence-electron chi connectivity index (χ3n) is 5.40. The van der Waals surface area contributed by atoms with Crippen LogP contribution in [0.2, 0.25) is 0 Å². The van der Waals surface area contributed by atoms with E-state index in [4.69, 9.17) is 0 Å². The van der Waals surface area contributed by atoms with Crippen molar-refractivity contribution in [2.75, 3.05) is 6.54 Å². The smallest absolute Gasteiger partial charge is 0.252 e. The normalized spacial score (nSPS) is 19.1. The molecule has 6 heteroatoms. The number of ketones is 2. The molecule has 0 radical (unpaired) electrons. The van der Waals surface area contributed by atoms with Crippen molar-refractivity contribution in [3.05, 3.63) is 58.4 Å². The summed E-state index contributed by atoms with van der Waals surface area (Å²) >= 11 is 0. The van der Waals surface area contributed by atoms with E-state index in [2.05, 4.69) is 10.3 Å². The van der Waals surface area contributed by atoms with Crippen molar-refractivity contribution in [3.8, 4) is 0 Å². The zero-order chi connectivity index (χ0) is 20.4. The van der Waals surface area contributed by atoms with Crippen LogP contribution >= 0.6 is 0 Å². The highest BCUT2D eigenvalue weighted by Crippen LogP contribution is 2.37. The Bertz CT molecular complexity index is 932. The Hall–Kier alpha value is -2.76. The lowest BCUT2D eigenvalue weighted by Crippen LogP contribution is -2.28. The monoisotopic (exact) mass is 376 g/mol. The topological polar surface area (TPSA) is 76.1 Å². The highest BCUT2D eigenvalue weighted by molar-refractivity contribution is 6.32. The fourth-order valence-electron chi connectivity index (χ4n) is 4.19. The number of carbonyl (C=O) groups is 3. The molecule has 1 fully saturated rings. The molecular formula is C22H25BN2O3. The maximum absolute atomic E-state index is 13.0. The van der Waals surface area contributed by atoms with Crippen molar-refractivity contribution >= 4 is 30.8 Å². The molecule has 1 amide bonds. The number of rotatable bonds is 5. The molecule has 0 saturated heterocycles. The van der Waals surface area contributed by atoms with Gasteiger partial charge in [-0.2, -0.15) is 0 Å². The van der Waals surface area contributed by atoms with Crippen LogP contribution in [0.4, 0.5) is 0 Å². The van der Waals surface area contributed by atoms with Gasteiger partial charge in [0, 0.05) is 31.3 Å². The molecule has 1 N–H and O–H groups in total. The van der Waals surface area contributed by atoms with Gasteiger partial charge >= 0.3 is 0 Å². The van der Waals surface area contributed by atoms with Crippen LogP contribution in [0.15, 0.2) is 30.6 Å². The van der Waals surface area contributed by atoms with Gasteiger partial charge in [-0.3, -0.25) is 19.4 Å². The van der Waals surface area contributed by atoms with Crippen molar-refractivity contribution in [1.82, 2.24) is 10.3 Å². The molecule has 1 aliphatic rings. The average molecular weight is 376 g/mol. The van der Waals surface area contributed by atoms with Crippen LogP contribution in [-0.4, -0.2) is 36.8 Å². The Labute approximate surface area is 166 Å². The third-order valence-corrected chi connectivity index (χ3v) is 5.40. The number of carbonyl (C=O) groups excluding carboxylic acids is 3.